The van der Waals surface area contributed by atoms with Crippen molar-refractivity contribution in [1.82, 2.24) is 0 Å². The number of carbonyl (C=O) groups excluding carboxylic acids is 2. The number of hydrogen-bond donors (Lipinski definition) is 3. The molecule has 0 fully saturated rings. The van der Waals surface area contributed by atoms with Gasteiger partial charge in [0.15, 0.2) is 0 Å². The molecule has 0 aliphatic heterocycles. The van der Waals surface area contributed by atoms with Gasteiger partial charge >= 0.3 is 0 Å². The van der Waals surface area contributed by atoms with Crippen LogP contribution in [0.5, 0.6) is 5.75 Å². The van der Waals surface area contributed by atoms with Gasteiger partial charge in [0.25, 0.3) is 11.8 Å². The lowest BCUT2D eigenvalue weighted by atomic mass is 10.3. The minimum absolute atomic E-state index is 0.541. The molecular weight excluding hydrogens is 224 g/mol. The Morgan fingerprint density at radius 1 is 1.18 bits per heavy atom. The molecule has 0 aliphatic carbocycles. The fourth-order valence-corrected chi connectivity index (χ4v) is 1.02. The SMILES string of the molecule is COc1ccc(NN=C(C(N)=O)C(N)=O)cc1. The van der Waals surface area contributed by atoms with Gasteiger partial charge in [-0.15, -0.1) is 0 Å². The molecule has 7 heteroatoms. The smallest absolute Gasteiger partial charge is 0.274 e. The Kier molecular flexibility index (Phi) is 4.04. The first-order valence-electron chi connectivity index (χ1n) is 4.62. The molecule has 0 saturated carbocycles. The van der Waals surface area contributed by atoms with Gasteiger partial charge in [0.2, 0.25) is 5.71 Å². The predicted molar refractivity (Wildman–Crippen MR) is 62.4 cm³/mol. The standard InChI is InChI=1S/C10H12N4O3/c1-17-7-4-2-6(3-5-7)13-14-8(9(11)15)10(12)16/h2-5,13H,1H3,(H2,11,15)(H2,12,16). The summed E-state index contributed by atoms with van der Waals surface area (Å²) in [5.74, 6) is -1.30. The van der Waals surface area contributed by atoms with E-state index in [1.165, 1.54) is 0 Å². The number of hydrazone groups is 1. The monoisotopic (exact) mass is 236 g/mol. The third-order valence-electron chi connectivity index (χ3n) is 1.85. The van der Waals surface area contributed by atoms with Crippen LogP contribution in [0, 0.1) is 0 Å². The number of hydrogen-bond acceptors (Lipinski definition) is 5. The van der Waals surface area contributed by atoms with Gasteiger partial charge in [-0.2, -0.15) is 5.10 Å². The number of amides is 2. The van der Waals surface area contributed by atoms with Crippen molar-refractivity contribution in [3.8, 4) is 5.75 Å². The molecule has 90 valence electrons. The average Bonchev–Trinajstić information content (AvgIpc) is 2.29. The highest BCUT2D eigenvalue weighted by atomic mass is 16.5. The largest absolute Gasteiger partial charge is 0.497 e. The Balaban J connectivity index is 2.80. The number of methoxy groups -OCH3 is 1. The third kappa shape index (κ3) is 3.49. The lowest BCUT2D eigenvalue weighted by Gasteiger charge is -2.03. The van der Waals surface area contributed by atoms with Crippen molar-refractivity contribution in [2.75, 3.05) is 12.5 Å². The lowest BCUT2D eigenvalue weighted by molar-refractivity contribution is -0.115. The van der Waals surface area contributed by atoms with Crippen LogP contribution < -0.4 is 21.6 Å². The van der Waals surface area contributed by atoms with Crippen molar-refractivity contribution >= 4 is 23.2 Å². The molecule has 5 N–H and O–H groups in total. The number of carbonyl (C=O) groups is 2. The fraction of sp³-hybridized carbons (Fsp3) is 0.100. The Labute approximate surface area is 97.4 Å². The number of nitrogens with two attached hydrogens (primary N) is 2. The van der Waals surface area contributed by atoms with Crippen molar-refractivity contribution in [2.45, 2.75) is 0 Å². The Morgan fingerprint density at radius 3 is 2.12 bits per heavy atom. The molecule has 0 atom stereocenters. The Hall–Kier alpha value is -2.57. The number of nitrogens with one attached hydrogen (secondary N) is 1. The minimum Gasteiger partial charge on any atom is -0.497 e. The normalized spacial score (nSPS) is 9.24. The van der Waals surface area contributed by atoms with E-state index in [1.807, 2.05) is 0 Å². The summed E-state index contributed by atoms with van der Waals surface area (Å²) in [6.45, 7) is 0. The second-order valence-electron chi connectivity index (χ2n) is 3.03. The minimum atomic E-state index is -0.987. The van der Waals surface area contributed by atoms with E-state index in [0.717, 1.165) is 0 Å². The molecule has 0 aliphatic rings. The first-order valence-corrected chi connectivity index (χ1v) is 4.62. The molecule has 2 amide bonds. The van der Waals surface area contributed by atoms with Crippen molar-refractivity contribution in [1.29, 1.82) is 0 Å². The molecule has 1 aromatic carbocycles. The molecule has 1 aromatic rings. The van der Waals surface area contributed by atoms with Gasteiger partial charge in [-0.1, -0.05) is 0 Å². The van der Waals surface area contributed by atoms with Crippen molar-refractivity contribution < 1.29 is 14.3 Å². The number of benzene rings is 1. The quantitative estimate of drug-likeness (QED) is 0.360. The Bertz CT molecular complexity index is 437. The summed E-state index contributed by atoms with van der Waals surface area (Å²) < 4.78 is 4.96. The first-order chi connectivity index (χ1) is 8.04. The molecule has 7 nitrogen and oxygen atoms in total. The first kappa shape index (κ1) is 12.5. The maximum Gasteiger partial charge on any atom is 0.274 e. The van der Waals surface area contributed by atoms with Gasteiger partial charge in [0.1, 0.15) is 5.75 Å². The topological polar surface area (TPSA) is 120 Å². The summed E-state index contributed by atoms with van der Waals surface area (Å²) in [6, 6.07) is 6.68. The molecular formula is C10H12N4O3. The number of primary amides is 2. The van der Waals surface area contributed by atoms with E-state index in [-0.39, 0.29) is 0 Å². The predicted octanol–water partition coefficient (Wildman–Crippen LogP) is -0.566. The van der Waals surface area contributed by atoms with Crippen LogP contribution in [0.25, 0.3) is 0 Å². The zero-order valence-corrected chi connectivity index (χ0v) is 9.14. The van der Waals surface area contributed by atoms with Gasteiger partial charge in [-0.05, 0) is 24.3 Å². The van der Waals surface area contributed by atoms with Gasteiger partial charge in [0, 0.05) is 0 Å². The highest BCUT2D eigenvalue weighted by Gasteiger charge is 2.13. The summed E-state index contributed by atoms with van der Waals surface area (Å²) in [5, 5.41) is 3.53. The molecule has 1 rings (SSSR count). The van der Waals surface area contributed by atoms with Crippen LogP contribution in [0.3, 0.4) is 0 Å². The third-order valence-corrected chi connectivity index (χ3v) is 1.85. The van der Waals surface area contributed by atoms with Crippen LogP contribution in [-0.4, -0.2) is 24.6 Å². The average molecular weight is 236 g/mol. The molecule has 0 heterocycles. The van der Waals surface area contributed by atoms with Gasteiger partial charge < -0.3 is 16.2 Å². The van der Waals surface area contributed by atoms with Crippen LogP contribution in [0.15, 0.2) is 29.4 Å². The molecule has 17 heavy (non-hydrogen) atoms. The van der Waals surface area contributed by atoms with E-state index in [2.05, 4.69) is 10.5 Å². The van der Waals surface area contributed by atoms with Crippen molar-refractivity contribution in [3.63, 3.8) is 0 Å². The second kappa shape index (κ2) is 5.50. The van der Waals surface area contributed by atoms with Crippen molar-refractivity contribution in [2.24, 2.45) is 16.6 Å². The summed E-state index contributed by atoms with van der Waals surface area (Å²) in [4.78, 5) is 21.6. The highest BCUT2D eigenvalue weighted by Crippen LogP contribution is 2.14. The molecule has 0 radical (unpaired) electrons. The second-order valence-corrected chi connectivity index (χ2v) is 3.03. The summed E-state index contributed by atoms with van der Waals surface area (Å²) >= 11 is 0. The van der Waals surface area contributed by atoms with E-state index in [9.17, 15) is 9.59 Å². The van der Waals surface area contributed by atoms with Gasteiger partial charge in [0.05, 0.1) is 12.8 Å². The highest BCUT2D eigenvalue weighted by molar-refractivity contribution is 6.64. The molecule has 0 spiro atoms. The molecule has 0 unspecified atom stereocenters. The maximum atomic E-state index is 10.8. The lowest BCUT2D eigenvalue weighted by Crippen LogP contribution is -2.36. The summed E-state index contributed by atoms with van der Waals surface area (Å²) in [7, 11) is 1.54. The number of nitrogens with zero attached hydrogens (tertiary/aromatic N) is 1. The van der Waals surface area contributed by atoms with E-state index in [1.54, 1.807) is 31.4 Å². The van der Waals surface area contributed by atoms with Crippen LogP contribution >= 0.6 is 0 Å². The zero-order chi connectivity index (χ0) is 12.8. The van der Waals surface area contributed by atoms with E-state index >= 15 is 0 Å². The summed E-state index contributed by atoms with van der Waals surface area (Å²) in [5.41, 5.74) is 12.3. The van der Waals surface area contributed by atoms with Crippen LogP contribution in [0.2, 0.25) is 0 Å². The molecule has 0 bridgehead atoms. The zero-order valence-electron chi connectivity index (χ0n) is 9.14. The van der Waals surface area contributed by atoms with Gasteiger partial charge in [-0.25, -0.2) is 0 Å². The fourth-order valence-electron chi connectivity index (χ4n) is 1.02. The van der Waals surface area contributed by atoms with E-state index in [4.69, 9.17) is 16.2 Å². The van der Waals surface area contributed by atoms with Crippen LogP contribution in [0.4, 0.5) is 5.69 Å². The van der Waals surface area contributed by atoms with Crippen LogP contribution in [-0.2, 0) is 9.59 Å². The van der Waals surface area contributed by atoms with Crippen molar-refractivity contribution in [3.05, 3.63) is 24.3 Å². The summed E-state index contributed by atoms with van der Waals surface area (Å²) in [6.07, 6.45) is 0. The van der Waals surface area contributed by atoms with Gasteiger partial charge in [-0.3, -0.25) is 15.0 Å². The number of ether oxygens (including phenoxy) is 1. The number of rotatable bonds is 5. The van der Waals surface area contributed by atoms with E-state index < -0.39 is 17.5 Å². The maximum absolute atomic E-state index is 10.8. The Morgan fingerprint density at radius 2 is 1.71 bits per heavy atom. The van der Waals surface area contributed by atoms with E-state index in [0.29, 0.717) is 11.4 Å². The molecule has 0 saturated heterocycles. The number of anilines is 1. The van der Waals surface area contributed by atoms with Crippen LogP contribution in [0.1, 0.15) is 0 Å². The molecule has 0 aromatic heterocycles.